The van der Waals surface area contributed by atoms with E-state index in [0.717, 1.165) is 23.9 Å². The van der Waals surface area contributed by atoms with Gasteiger partial charge in [-0.25, -0.2) is 9.97 Å². The first-order valence-corrected chi connectivity index (χ1v) is 4.39. The van der Waals surface area contributed by atoms with Crippen molar-refractivity contribution >= 4 is 0 Å². The number of aromatic nitrogens is 2. The van der Waals surface area contributed by atoms with Crippen molar-refractivity contribution in [2.45, 2.75) is 25.8 Å². The second-order valence-electron chi connectivity index (χ2n) is 3.32. The van der Waals surface area contributed by atoms with Gasteiger partial charge in [-0.3, -0.25) is 0 Å². The SMILES string of the molecule is NCc1ccnc(CC2CC2)n1. The van der Waals surface area contributed by atoms with Gasteiger partial charge < -0.3 is 5.73 Å². The highest BCUT2D eigenvalue weighted by molar-refractivity contribution is 5.03. The summed E-state index contributed by atoms with van der Waals surface area (Å²) in [5.74, 6) is 1.80. The Balaban J connectivity index is 2.08. The molecule has 0 bridgehead atoms. The van der Waals surface area contributed by atoms with Gasteiger partial charge in [0.05, 0.1) is 5.69 Å². The van der Waals surface area contributed by atoms with E-state index in [0.29, 0.717) is 6.54 Å². The number of nitrogens with two attached hydrogens (primary N) is 1. The van der Waals surface area contributed by atoms with Gasteiger partial charge in [0.25, 0.3) is 0 Å². The summed E-state index contributed by atoms with van der Waals surface area (Å²) in [5, 5.41) is 0. The molecule has 1 aromatic heterocycles. The van der Waals surface area contributed by atoms with E-state index in [1.165, 1.54) is 12.8 Å². The van der Waals surface area contributed by atoms with Crippen molar-refractivity contribution in [2.75, 3.05) is 0 Å². The lowest BCUT2D eigenvalue weighted by atomic mass is 10.2. The second-order valence-corrected chi connectivity index (χ2v) is 3.32. The molecule has 1 fully saturated rings. The van der Waals surface area contributed by atoms with Crippen molar-refractivity contribution in [3.8, 4) is 0 Å². The van der Waals surface area contributed by atoms with Crippen molar-refractivity contribution in [3.63, 3.8) is 0 Å². The molecule has 1 aliphatic rings. The van der Waals surface area contributed by atoms with Crippen LogP contribution in [0.2, 0.25) is 0 Å². The Kier molecular flexibility index (Phi) is 2.04. The van der Waals surface area contributed by atoms with Crippen molar-refractivity contribution < 1.29 is 0 Å². The molecular formula is C9H13N3. The summed E-state index contributed by atoms with van der Waals surface area (Å²) in [5.41, 5.74) is 6.42. The van der Waals surface area contributed by atoms with Crippen LogP contribution in [0.5, 0.6) is 0 Å². The van der Waals surface area contributed by atoms with E-state index >= 15 is 0 Å². The maximum atomic E-state index is 5.47. The van der Waals surface area contributed by atoms with Gasteiger partial charge in [0, 0.05) is 19.2 Å². The van der Waals surface area contributed by atoms with Crippen LogP contribution in [0, 0.1) is 5.92 Å². The molecule has 0 amide bonds. The molecule has 1 aliphatic carbocycles. The highest BCUT2D eigenvalue weighted by Crippen LogP contribution is 2.31. The summed E-state index contributed by atoms with van der Waals surface area (Å²) in [4.78, 5) is 8.54. The first-order valence-electron chi connectivity index (χ1n) is 4.39. The molecule has 0 saturated heterocycles. The fourth-order valence-corrected chi connectivity index (χ4v) is 1.23. The standard InChI is InChI=1S/C9H13N3/c10-6-8-3-4-11-9(12-8)5-7-1-2-7/h3-4,7H,1-2,5-6,10H2. The molecule has 0 unspecified atom stereocenters. The number of hydrogen-bond donors (Lipinski definition) is 1. The molecule has 1 aromatic rings. The molecule has 0 atom stereocenters. The van der Waals surface area contributed by atoms with Gasteiger partial charge in [-0.15, -0.1) is 0 Å². The zero-order valence-electron chi connectivity index (χ0n) is 7.03. The molecule has 0 radical (unpaired) electrons. The summed E-state index contributed by atoms with van der Waals surface area (Å²) in [6, 6.07) is 1.87. The summed E-state index contributed by atoms with van der Waals surface area (Å²) >= 11 is 0. The smallest absolute Gasteiger partial charge is 0.128 e. The molecule has 2 rings (SSSR count). The minimum absolute atomic E-state index is 0.514. The molecule has 0 spiro atoms. The molecule has 3 nitrogen and oxygen atoms in total. The largest absolute Gasteiger partial charge is 0.325 e. The van der Waals surface area contributed by atoms with Gasteiger partial charge in [0.1, 0.15) is 5.82 Å². The van der Waals surface area contributed by atoms with Crippen molar-refractivity contribution in [3.05, 3.63) is 23.8 Å². The van der Waals surface area contributed by atoms with Gasteiger partial charge in [0.2, 0.25) is 0 Å². The van der Waals surface area contributed by atoms with Crippen LogP contribution in [0.15, 0.2) is 12.3 Å². The third-order valence-electron chi connectivity index (χ3n) is 2.14. The molecule has 3 heteroatoms. The van der Waals surface area contributed by atoms with Crippen LogP contribution in [0.1, 0.15) is 24.4 Å². The van der Waals surface area contributed by atoms with E-state index in [9.17, 15) is 0 Å². The first kappa shape index (κ1) is 7.68. The molecule has 1 heterocycles. The maximum Gasteiger partial charge on any atom is 0.128 e. The van der Waals surface area contributed by atoms with Gasteiger partial charge in [-0.2, -0.15) is 0 Å². The summed E-state index contributed by atoms with van der Waals surface area (Å²) in [6.07, 6.45) is 5.52. The Morgan fingerprint density at radius 2 is 2.33 bits per heavy atom. The lowest BCUT2D eigenvalue weighted by Gasteiger charge is -1.99. The van der Waals surface area contributed by atoms with E-state index in [2.05, 4.69) is 9.97 Å². The van der Waals surface area contributed by atoms with Gasteiger partial charge in [0.15, 0.2) is 0 Å². The Morgan fingerprint density at radius 3 is 3.00 bits per heavy atom. The normalized spacial score (nSPS) is 16.4. The predicted octanol–water partition coefficient (Wildman–Crippen LogP) is 0.888. The van der Waals surface area contributed by atoms with E-state index < -0.39 is 0 Å². The molecular weight excluding hydrogens is 150 g/mol. The van der Waals surface area contributed by atoms with E-state index in [4.69, 9.17) is 5.73 Å². The van der Waals surface area contributed by atoms with E-state index in [-0.39, 0.29) is 0 Å². The Morgan fingerprint density at radius 1 is 1.50 bits per heavy atom. The zero-order valence-corrected chi connectivity index (χ0v) is 7.03. The highest BCUT2D eigenvalue weighted by atomic mass is 14.9. The van der Waals surface area contributed by atoms with Crippen LogP contribution < -0.4 is 5.73 Å². The van der Waals surface area contributed by atoms with Crippen LogP contribution in [-0.2, 0) is 13.0 Å². The number of rotatable bonds is 3. The highest BCUT2D eigenvalue weighted by Gasteiger charge is 2.22. The first-order chi connectivity index (χ1) is 5.88. The number of nitrogens with zero attached hydrogens (tertiary/aromatic N) is 2. The fraction of sp³-hybridized carbons (Fsp3) is 0.556. The molecule has 1 saturated carbocycles. The van der Waals surface area contributed by atoms with E-state index in [1.807, 2.05) is 6.07 Å². The molecule has 0 aliphatic heterocycles. The summed E-state index contributed by atoms with van der Waals surface area (Å²) in [7, 11) is 0. The minimum atomic E-state index is 0.514. The Labute approximate surface area is 72.0 Å². The Hall–Kier alpha value is -0.960. The molecule has 64 valence electrons. The summed E-state index contributed by atoms with van der Waals surface area (Å²) in [6.45, 7) is 0.514. The van der Waals surface area contributed by atoms with Crippen LogP contribution in [-0.4, -0.2) is 9.97 Å². The van der Waals surface area contributed by atoms with Crippen molar-refractivity contribution in [1.82, 2.24) is 9.97 Å². The predicted molar refractivity (Wildman–Crippen MR) is 46.4 cm³/mol. The lowest BCUT2D eigenvalue weighted by Crippen LogP contribution is -2.04. The average molecular weight is 163 g/mol. The van der Waals surface area contributed by atoms with Gasteiger partial charge in [-0.1, -0.05) is 0 Å². The third kappa shape index (κ3) is 1.80. The van der Waals surface area contributed by atoms with Gasteiger partial charge in [-0.05, 0) is 24.8 Å². The maximum absolute atomic E-state index is 5.47. The third-order valence-corrected chi connectivity index (χ3v) is 2.14. The summed E-state index contributed by atoms with van der Waals surface area (Å²) < 4.78 is 0. The van der Waals surface area contributed by atoms with Crippen LogP contribution >= 0.6 is 0 Å². The van der Waals surface area contributed by atoms with Crippen LogP contribution in [0.3, 0.4) is 0 Å². The average Bonchev–Trinajstić information content (AvgIpc) is 2.89. The monoisotopic (exact) mass is 163 g/mol. The van der Waals surface area contributed by atoms with Crippen molar-refractivity contribution in [2.24, 2.45) is 11.7 Å². The zero-order chi connectivity index (χ0) is 8.39. The molecule has 0 aromatic carbocycles. The van der Waals surface area contributed by atoms with Gasteiger partial charge >= 0.3 is 0 Å². The van der Waals surface area contributed by atoms with E-state index in [1.54, 1.807) is 6.20 Å². The number of hydrogen-bond acceptors (Lipinski definition) is 3. The molecule has 12 heavy (non-hydrogen) atoms. The van der Waals surface area contributed by atoms with Crippen LogP contribution in [0.25, 0.3) is 0 Å². The topological polar surface area (TPSA) is 51.8 Å². The van der Waals surface area contributed by atoms with Crippen molar-refractivity contribution in [1.29, 1.82) is 0 Å². The fourth-order valence-electron chi connectivity index (χ4n) is 1.23. The lowest BCUT2D eigenvalue weighted by molar-refractivity contribution is 0.755. The molecule has 2 N–H and O–H groups in total. The second kappa shape index (κ2) is 3.19. The van der Waals surface area contributed by atoms with Crippen LogP contribution in [0.4, 0.5) is 0 Å². The quantitative estimate of drug-likeness (QED) is 0.720. The Bertz CT molecular complexity index is 268. The minimum Gasteiger partial charge on any atom is -0.325 e.